The number of aliphatic hydroxyl groups is 1. The number of alkyl halides is 3. The molecule has 0 atom stereocenters. The summed E-state index contributed by atoms with van der Waals surface area (Å²) >= 11 is 0. The Morgan fingerprint density at radius 1 is 1.00 bits per heavy atom. The highest BCUT2D eigenvalue weighted by atomic mass is 19.4. The summed E-state index contributed by atoms with van der Waals surface area (Å²) in [6.07, 6.45) is -0.106. The van der Waals surface area contributed by atoms with Crippen LogP contribution in [-0.2, 0) is 25.6 Å². The van der Waals surface area contributed by atoms with Crippen LogP contribution >= 0.6 is 0 Å². The van der Waals surface area contributed by atoms with Crippen molar-refractivity contribution in [1.82, 2.24) is 25.4 Å². The predicted octanol–water partition coefficient (Wildman–Crippen LogP) is 3.89. The first kappa shape index (κ1) is 17.2. The molecule has 0 fully saturated rings. The third kappa shape index (κ3) is 2.42. The van der Waals surface area contributed by atoms with Crippen molar-refractivity contribution in [3.63, 3.8) is 0 Å². The van der Waals surface area contributed by atoms with E-state index < -0.39 is 11.9 Å². The Hall–Kier alpha value is -2.94. The average molecular weight is 387 g/mol. The van der Waals surface area contributed by atoms with Crippen LogP contribution in [0.1, 0.15) is 35.4 Å². The number of hydrogen-bond donors (Lipinski definition) is 3. The molecule has 5 rings (SSSR count). The second-order valence-electron chi connectivity index (χ2n) is 7.00. The number of aromatic nitrogens is 5. The van der Waals surface area contributed by atoms with Crippen molar-refractivity contribution in [3.05, 3.63) is 40.8 Å². The van der Waals surface area contributed by atoms with Crippen LogP contribution in [0, 0.1) is 0 Å². The highest BCUT2D eigenvalue weighted by Crippen LogP contribution is 2.41. The summed E-state index contributed by atoms with van der Waals surface area (Å²) in [6, 6.07) is 3.53. The Bertz CT molecular complexity index is 1210. The van der Waals surface area contributed by atoms with Gasteiger partial charge in [-0.25, -0.2) is 4.98 Å². The molecule has 4 aromatic rings. The molecule has 3 aromatic heterocycles. The normalized spacial score (nSPS) is 14.7. The summed E-state index contributed by atoms with van der Waals surface area (Å²) in [5.41, 5.74) is 3.12. The first-order chi connectivity index (χ1) is 13.5. The van der Waals surface area contributed by atoms with Crippen molar-refractivity contribution in [2.75, 3.05) is 0 Å². The van der Waals surface area contributed by atoms with Crippen molar-refractivity contribution < 1.29 is 18.3 Å². The van der Waals surface area contributed by atoms with E-state index in [9.17, 15) is 18.3 Å². The maximum atomic E-state index is 13.4. The van der Waals surface area contributed by atoms with Gasteiger partial charge in [0, 0.05) is 10.8 Å². The Kier molecular flexibility index (Phi) is 3.70. The second kappa shape index (κ2) is 6.03. The molecule has 144 valence electrons. The van der Waals surface area contributed by atoms with Crippen molar-refractivity contribution in [3.8, 4) is 11.3 Å². The van der Waals surface area contributed by atoms with Gasteiger partial charge in [-0.15, -0.1) is 0 Å². The van der Waals surface area contributed by atoms with E-state index in [-0.39, 0.29) is 12.2 Å². The van der Waals surface area contributed by atoms with Gasteiger partial charge in [0.1, 0.15) is 5.69 Å². The molecule has 0 radical (unpaired) electrons. The molecule has 9 heteroatoms. The molecule has 0 saturated heterocycles. The van der Waals surface area contributed by atoms with Gasteiger partial charge in [-0.1, -0.05) is 0 Å². The Labute approximate surface area is 156 Å². The van der Waals surface area contributed by atoms with Gasteiger partial charge < -0.3 is 5.11 Å². The molecule has 3 N–H and O–H groups in total. The fourth-order valence-electron chi connectivity index (χ4n) is 4.21. The number of H-pyrrole nitrogens is 2. The SMILES string of the molecule is OCc1[nH]nc2ccc3nc(-c4cn[nH]c4C(F)(F)F)c4c(c3c12)CCCC4. The summed E-state index contributed by atoms with van der Waals surface area (Å²) < 4.78 is 40.3. The minimum atomic E-state index is -4.54. The molecule has 0 bridgehead atoms. The van der Waals surface area contributed by atoms with Crippen molar-refractivity contribution in [2.45, 2.75) is 38.5 Å². The zero-order chi connectivity index (χ0) is 19.5. The molecule has 0 unspecified atom stereocenters. The van der Waals surface area contributed by atoms with Gasteiger partial charge in [0.15, 0.2) is 0 Å². The molecular weight excluding hydrogens is 371 g/mol. The number of fused-ring (bicyclic) bond motifs is 5. The van der Waals surface area contributed by atoms with E-state index in [0.717, 1.165) is 41.2 Å². The molecule has 1 aliphatic rings. The number of pyridine rings is 1. The fraction of sp³-hybridized carbons (Fsp3) is 0.316. The van der Waals surface area contributed by atoms with Crippen LogP contribution in [0.2, 0.25) is 0 Å². The molecule has 28 heavy (non-hydrogen) atoms. The van der Waals surface area contributed by atoms with Gasteiger partial charge >= 0.3 is 6.18 Å². The lowest BCUT2D eigenvalue weighted by molar-refractivity contribution is -0.140. The van der Waals surface area contributed by atoms with Gasteiger partial charge in [0.25, 0.3) is 0 Å². The van der Waals surface area contributed by atoms with Crippen LogP contribution in [0.25, 0.3) is 33.1 Å². The number of aryl methyl sites for hydroxylation is 1. The van der Waals surface area contributed by atoms with Gasteiger partial charge in [0.05, 0.1) is 40.8 Å². The summed E-state index contributed by atoms with van der Waals surface area (Å²) in [7, 11) is 0. The van der Waals surface area contributed by atoms with E-state index in [0.29, 0.717) is 28.8 Å². The van der Waals surface area contributed by atoms with E-state index >= 15 is 0 Å². The Morgan fingerprint density at radius 2 is 1.75 bits per heavy atom. The molecule has 0 spiro atoms. The minimum Gasteiger partial charge on any atom is -0.390 e. The van der Waals surface area contributed by atoms with Crippen LogP contribution in [0.15, 0.2) is 18.3 Å². The Balaban J connectivity index is 1.89. The maximum Gasteiger partial charge on any atom is 0.433 e. The molecule has 3 heterocycles. The zero-order valence-corrected chi connectivity index (χ0v) is 14.7. The molecular formula is C19H16F3N5O. The largest absolute Gasteiger partial charge is 0.433 e. The first-order valence-electron chi connectivity index (χ1n) is 9.02. The van der Waals surface area contributed by atoms with E-state index in [1.165, 1.54) is 6.20 Å². The summed E-state index contributed by atoms with van der Waals surface area (Å²) in [4.78, 5) is 4.63. The summed E-state index contributed by atoms with van der Waals surface area (Å²) in [6.45, 7) is -0.202. The highest BCUT2D eigenvalue weighted by Gasteiger charge is 2.37. The van der Waals surface area contributed by atoms with E-state index in [1.54, 1.807) is 12.1 Å². The molecule has 0 saturated carbocycles. The maximum absolute atomic E-state index is 13.4. The third-order valence-corrected chi connectivity index (χ3v) is 5.40. The average Bonchev–Trinajstić information content (AvgIpc) is 3.33. The van der Waals surface area contributed by atoms with Gasteiger partial charge in [-0.3, -0.25) is 10.2 Å². The van der Waals surface area contributed by atoms with Gasteiger partial charge in [-0.05, 0) is 48.9 Å². The van der Waals surface area contributed by atoms with Crippen LogP contribution in [0.3, 0.4) is 0 Å². The Morgan fingerprint density at radius 3 is 2.50 bits per heavy atom. The van der Waals surface area contributed by atoms with E-state index in [4.69, 9.17) is 0 Å². The van der Waals surface area contributed by atoms with E-state index in [1.807, 2.05) is 0 Å². The lowest BCUT2D eigenvalue weighted by atomic mass is 9.85. The zero-order valence-electron chi connectivity index (χ0n) is 14.7. The van der Waals surface area contributed by atoms with Crippen LogP contribution in [0.4, 0.5) is 13.2 Å². The summed E-state index contributed by atoms with van der Waals surface area (Å²) in [5, 5.41) is 24.1. The number of aliphatic hydroxyl groups excluding tert-OH is 1. The molecule has 1 aliphatic carbocycles. The lowest BCUT2D eigenvalue weighted by Crippen LogP contribution is -2.11. The van der Waals surface area contributed by atoms with Crippen LogP contribution in [-0.4, -0.2) is 30.5 Å². The van der Waals surface area contributed by atoms with Crippen LogP contribution in [0.5, 0.6) is 0 Å². The number of aromatic amines is 2. The fourth-order valence-corrected chi connectivity index (χ4v) is 4.21. The lowest BCUT2D eigenvalue weighted by Gasteiger charge is -2.22. The number of rotatable bonds is 2. The monoisotopic (exact) mass is 387 g/mol. The topological polar surface area (TPSA) is 90.5 Å². The molecule has 1 aromatic carbocycles. The number of nitrogens with one attached hydrogen (secondary N) is 2. The molecule has 0 aliphatic heterocycles. The van der Waals surface area contributed by atoms with Crippen molar-refractivity contribution >= 4 is 21.8 Å². The minimum absolute atomic E-state index is 0.0257. The van der Waals surface area contributed by atoms with Gasteiger partial charge in [0.2, 0.25) is 0 Å². The van der Waals surface area contributed by atoms with E-state index in [2.05, 4.69) is 25.4 Å². The highest BCUT2D eigenvalue weighted by molar-refractivity contribution is 6.09. The third-order valence-electron chi connectivity index (χ3n) is 5.40. The summed E-state index contributed by atoms with van der Waals surface area (Å²) in [5.74, 6) is 0. The number of benzene rings is 1. The first-order valence-corrected chi connectivity index (χ1v) is 9.02. The number of nitrogens with zero attached hydrogens (tertiary/aromatic N) is 3. The van der Waals surface area contributed by atoms with Crippen LogP contribution < -0.4 is 0 Å². The molecule has 0 amide bonds. The van der Waals surface area contributed by atoms with Crippen molar-refractivity contribution in [2.24, 2.45) is 0 Å². The standard InChI is InChI=1S/C19H16F3N5O/c20-19(21,22)18-11(7-23-27-18)17-10-4-2-1-3-9(10)15-12(24-17)5-6-13-16(15)14(8-28)26-25-13/h5-7,28H,1-4,8H2,(H,23,27)(H,25,26). The predicted molar refractivity (Wildman–Crippen MR) is 96.5 cm³/mol. The number of halogens is 3. The number of hydrogen-bond acceptors (Lipinski definition) is 4. The quantitative estimate of drug-likeness (QED) is 0.487. The smallest absolute Gasteiger partial charge is 0.390 e. The van der Waals surface area contributed by atoms with Crippen molar-refractivity contribution in [1.29, 1.82) is 0 Å². The molecule has 6 nitrogen and oxygen atoms in total. The van der Waals surface area contributed by atoms with Gasteiger partial charge in [-0.2, -0.15) is 23.4 Å². The second-order valence-corrected chi connectivity index (χ2v) is 7.00.